The van der Waals surface area contributed by atoms with Crippen LogP contribution in [-0.2, 0) is 14.4 Å². The molecule has 6 nitrogen and oxygen atoms in total. The summed E-state index contributed by atoms with van der Waals surface area (Å²) in [5.41, 5.74) is 1.75. The highest BCUT2D eigenvalue weighted by molar-refractivity contribution is 6.30. The Balaban J connectivity index is 1.82. The van der Waals surface area contributed by atoms with Gasteiger partial charge in [0.1, 0.15) is 0 Å². The zero-order valence-electron chi connectivity index (χ0n) is 16.4. The number of fused-ring (bicyclic) bond motifs is 1. The van der Waals surface area contributed by atoms with Crippen molar-refractivity contribution in [3.05, 3.63) is 41.4 Å². The smallest absolute Gasteiger partial charge is 0.245 e. The number of carbonyl (C=O) groups is 3. The molecule has 3 rings (SSSR count). The molecule has 0 aromatic heterocycles. The average Bonchev–Trinajstić information content (AvgIpc) is 3.04. The van der Waals surface area contributed by atoms with Gasteiger partial charge in [-0.1, -0.05) is 18.2 Å². The van der Waals surface area contributed by atoms with Gasteiger partial charge in [0.15, 0.2) is 0 Å². The van der Waals surface area contributed by atoms with E-state index in [1.807, 2.05) is 12.1 Å². The minimum absolute atomic E-state index is 0.00457. The second-order valence-corrected chi connectivity index (χ2v) is 8.11. The maximum Gasteiger partial charge on any atom is 0.245 e. The van der Waals surface area contributed by atoms with Crippen LogP contribution in [-0.4, -0.2) is 61.3 Å². The second kappa shape index (κ2) is 8.35. The summed E-state index contributed by atoms with van der Waals surface area (Å²) in [6.07, 6.45) is 3.17. The molecule has 0 radical (unpaired) electrons. The Morgan fingerprint density at radius 1 is 1.29 bits per heavy atom. The summed E-state index contributed by atoms with van der Waals surface area (Å²) >= 11 is 6.18. The number of amides is 3. The van der Waals surface area contributed by atoms with E-state index in [9.17, 15) is 14.4 Å². The van der Waals surface area contributed by atoms with E-state index in [0.717, 1.165) is 24.1 Å². The van der Waals surface area contributed by atoms with E-state index in [0.29, 0.717) is 31.1 Å². The Kier molecular flexibility index (Phi) is 6.08. The number of benzene rings is 1. The lowest BCUT2D eigenvalue weighted by Gasteiger charge is -2.33. The predicted octanol–water partition coefficient (Wildman–Crippen LogP) is 2.67. The average molecular weight is 404 g/mol. The Morgan fingerprint density at radius 2 is 2.04 bits per heavy atom. The molecule has 0 bridgehead atoms. The van der Waals surface area contributed by atoms with Gasteiger partial charge in [-0.05, 0) is 42.7 Å². The highest BCUT2D eigenvalue weighted by Gasteiger charge is 2.38. The summed E-state index contributed by atoms with van der Waals surface area (Å²) in [5.74, 6) is -0.442. The first-order valence-electron chi connectivity index (χ1n) is 9.54. The van der Waals surface area contributed by atoms with Gasteiger partial charge in [-0.2, -0.15) is 0 Å². The molecule has 3 amide bonds. The Hall–Kier alpha value is -2.34. The fraction of sp³-hybridized carbons (Fsp3) is 0.476. The predicted molar refractivity (Wildman–Crippen MR) is 109 cm³/mol. The van der Waals surface area contributed by atoms with Gasteiger partial charge in [0.25, 0.3) is 0 Å². The molecular weight excluding hydrogens is 378 g/mol. The third kappa shape index (κ3) is 4.07. The Morgan fingerprint density at radius 3 is 2.71 bits per heavy atom. The number of halogens is 1. The van der Waals surface area contributed by atoms with Crippen molar-refractivity contribution in [3.8, 4) is 0 Å². The molecule has 2 unspecified atom stereocenters. The minimum Gasteiger partial charge on any atom is -0.349 e. The lowest BCUT2D eigenvalue weighted by Crippen LogP contribution is -2.46. The van der Waals surface area contributed by atoms with E-state index >= 15 is 0 Å². The van der Waals surface area contributed by atoms with Gasteiger partial charge in [0.05, 0.1) is 5.92 Å². The molecule has 0 saturated carbocycles. The number of hydrogen-bond acceptors (Lipinski definition) is 3. The van der Waals surface area contributed by atoms with E-state index < -0.39 is 0 Å². The van der Waals surface area contributed by atoms with Crippen molar-refractivity contribution < 1.29 is 14.4 Å². The number of anilines is 1. The van der Waals surface area contributed by atoms with Crippen molar-refractivity contribution in [2.45, 2.75) is 25.2 Å². The van der Waals surface area contributed by atoms with Gasteiger partial charge in [-0.15, -0.1) is 0 Å². The molecule has 1 aromatic carbocycles. The normalized spacial score (nSPS) is 21.2. The van der Waals surface area contributed by atoms with E-state index in [-0.39, 0.29) is 29.6 Å². The largest absolute Gasteiger partial charge is 0.349 e. The van der Waals surface area contributed by atoms with Gasteiger partial charge in [0.2, 0.25) is 17.7 Å². The zero-order valence-corrected chi connectivity index (χ0v) is 17.1. The first-order chi connectivity index (χ1) is 13.3. The molecule has 1 aromatic rings. The molecule has 7 heteroatoms. The van der Waals surface area contributed by atoms with Crippen LogP contribution in [0.1, 0.15) is 30.7 Å². The highest BCUT2D eigenvalue weighted by Crippen LogP contribution is 2.41. The van der Waals surface area contributed by atoms with Crippen molar-refractivity contribution in [1.82, 2.24) is 9.80 Å². The summed E-state index contributed by atoms with van der Waals surface area (Å²) in [5, 5.41) is 0.593. The number of rotatable bonds is 4. The molecule has 2 aliphatic rings. The lowest BCUT2D eigenvalue weighted by molar-refractivity contribution is -0.131. The maximum atomic E-state index is 13.3. The molecule has 0 spiro atoms. The molecule has 150 valence electrons. The number of nitrogens with zero attached hydrogens (tertiary/aromatic N) is 3. The van der Waals surface area contributed by atoms with E-state index in [4.69, 9.17) is 11.6 Å². The second-order valence-electron chi connectivity index (χ2n) is 7.67. The van der Waals surface area contributed by atoms with Crippen molar-refractivity contribution in [2.24, 2.45) is 5.92 Å². The van der Waals surface area contributed by atoms with Crippen LogP contribution in [0, 0.1) is 5.92 Å². The van der Waals surface area contributed by atoms with Crippen LogP contribution in [0.2, 0.25) is 5.02 Å². The molecule has 2 atom stereocenters. The van der Waals surface area contributed by atoms with Crippen LogP contribution in [0.4, 0.5) is 5.69 Å². The van der Waals surface area contributed by atoms with E-state index in [1.54, 1.807) is 34.9 Å². The van der Waals surface area contributed by atoms with Crippen LogP contribution < -0.4 is 4.90 Å². The fourth-order valence-corrected chi connectivity index (χ4v) is 4.20. The summed E-state index contributed by atoms with van der Waals surface area (Å²) in [6, 6.07) is 5.47. The van der Waals surface area contributed by atoms with E-state index in [2.05, 4.69) is 6.58 Å². The number of hydrogen-bond donors (Lipinski definition) is 0. The van der Waals surface area contributed by atoms with Gasteiger partial charge in [0, 0.05) is 56.8 Å². The summed E-state index contributed by atoms with van der Waals surface area (Å²) in [6.45, 7) is 5.06. The summed E-state index contributed by atoms with van der Waals surface area (Å²) < 4.78 is 0. The minimum atomic E-state index is -0.246. The molecular formula is C21H26ClN3O3. The van der Waals surface area contributed by atoms with Crippen LogP contribution in [0.5, 0.6) is 0 Å². The first kappa shape index (κ1) is 20.4. The van der Waals surface area contributed by atoms with E-state index in [1.165, 1.54) is 6.08 Å². The molecule has 0 N–H and O–H groups in total. The number of piperidine rings is 1. The van der Waals surface area contributed by atoms with Crippen LogP contribution in [0.25, 0.3) is 0 Å². The monoisotopic (exact) mass is 403 g/mol. The summed E-state index contributed by atoms with van der Waals surface area (Å²) in [4.78, 5) is 42.5. The van der Waals surface area contributed by atoms with Crippen LogP contribution >= 0.6 is 11.6 Å². The van der Waals surface area contributed by atoms with Crippen molar-refractivity contribution in [3.63, 3.8) is 0 Å². The third-order valence-corrected chi connectivity index (χ3v) is 5.80. The maximum absolute atomic E-state index is 13.3. The SMILES string of the molecule is C=CC(=O)N1CCCC(C(=O)N2CC(CC(=O)N(C)C)c3cc(Cl)ccc32)C1. The Labute approximate surface area is 170 Å². The molecule has 2 heterocycles. The van der Waals surface area contributed by atoms with Crippen LogP contribution in [0.3, 0.4) is 0 Å². The van der Waals surface area contributed by atoms with Gasteiger partial charge in [-0.3, -0.25) is 14.4 Å². The van der Waals surface area contributed by atoms with Crippen molar-refractivity contribution in [1.29, 1.82) is 0 Å². The molecule has 0 aliphatic carbocycles. The standard InChI is InChI=1S/C21H26ClN3O3/c1-4-19(26)24-9-5-6-14(12-24)21(28)25-13-15(10-20(27)23(2)3)17-11-16(22)7-8-18(17)25/h4,7-8,11,14-15H,1,5-6,9-10,12-13H2,2-3H3. The Bertz CT molecular complexity index is 808. The lowest BCUT2D eigenvalue weighted by atomic mass is 9.96. The van der Waals surface area contributed by atoms with Gasteiger partial charge >= 0.3 is 0 Å². The van der Waals surface area contributed by atoms with Gasteiger partial charge < -0.3 is 14.7 Å². The van der Waals surface area contributed by atoms with Crippen molar-refractivity contribution in [2.75, 3.05) is 38.6 Å². The van der Waals surface area contributed by atoms with Crippen LogP contribution in [0.15, 0.2) is 30.9 Å². The summed E-state index contributed by atoms with van der Waals surface area (Å²) in [7, 11) is 3.46. The number of carbonyl (C=O) groups excluding carboxylic acids is 3. The molecule has 1 fully saturated rings. The van der Waals surface area contributed by atoms with Gasteiger partial charge in [-0.25, -0.2) is 0 Å². The molecule has 28 heavy (non-hydrogen) atoms. The quantitative estimate of drug-likeness (QED) is 0.726. The molecule has 2 aliphatic heterocycles. The zero-order chi connectivity index (χ0) is 20.4. The fourth-order valence-electron chi connectivity index (χ4n) is 4.02. The van der Waals surface area contributed by atoms with Crippen molar-refractivity contribution >= 4 is 35.0 Å². The highest BCUT2D eigenvalue weighted by atomic mass is 35.5. The number of likely N-dealkylation sites (tertiary alicyclic amines) is 1. The first-order valence-corrected chi connectivity index (χ1v) is 9.92. The topological polar surface area (TPSA) is 60.9 Å². The molecule has 1 saturated heterocycles. The third-order valence-electron chi connectivity index (χ3n) is 5.57.